The van der Waals surface area contributed by atoms with E-state index in [1.165, 1.54) is 5.56 Å². The molecule has 1 rings (SSSR count). The zero-order valence-electron chi connectivity index (χ0n) is 11.6. The molecule has 1 aromatic carbocycles. The van der Waals surface area contributed by atoms with Gasteiger partial charge in [0.05, 0.1) is 12.1 Å². The van der Waals surface area contributed by atoms with Crippen LogP contribution in [0.5, 0.6) is 0 Å². The van der Waals surface area contributed by atoms with Gasteiger partial charge in [0.15, 0.2) is 0 Å². The van der Waals surface area contributed by atoms with Gasteiger partial charge in [0.2, 0.25) is 0 Å². The molecule has 1 aromatic rings. The minimum absolute atomic E-state index is 0.133. The highest BCUT2D eigenvalue weighted by Gasteiger charge is 2.30. The lowest BCUT2D eigenvalue weighted by molar-refractivity contribution is 0.181. The van der Waals surface area contributed by atoms with Crippen LogP contribution >= 0.6 is 11.8 Å². The predicted molar refractivity (Wildman–Crippen MR) is 81.1 cm³/mol. The van der Waals surface area contributed by atoms with E-state index in [4.69, 9.17) is 0 Å². The summed E-state index contributed by atoms with van der Waals surface area (Å²) in [7, 11) is 0. The van der Waals surface area contributed by atoms with E-state index >= 15 is 0 Å². The molecule has 0 bridgehead atoms. The molecule has 0 aliphatic rings. The predicted octanol–water partition coefficient (Wildman–Crippen LogP) is 3.02. The summed E-state index contributed by atoms with van der Waals surface area (Å²) in [6.45, 7) is 7.52. The number of aliphatic hydroxyl groups excluding tert-OH is 1. The molecule has 0 fully saturated rings. The van der Waals surface area contributed by atoms with Gasteiger partial charge in [-0.05, 0) is 18.5 Å². The number of aliphatic hydroxyl groups is 1. The van der Waals surface area contributed by atoms with Gasteiger partial charge in [0, 0.05) is 11.0 Å². The summed E-state index contributed by atoms with van der Waals surface area (Å²) in [5.41, 5.74) is 0.856. The van der Waals surface area contributed by atoms with Gasteiger partial charge in [-0.1, -0.05) is 51.1 Å². The van der Waals surface area contributed by atoms with Crippen LogP contribution in [0.2, 0.25) is 0 Å². The first-order chi connectivity index (χ1) is 8.68. The average Bonchev–Trinajstić information content (AvgIpc) is 2.44. The second-order valence-electron chi connectivity index (χ2n) is 4.67. The van der Waals surface area contributed by atoms with Crippen molar-refractivity contribution in [1.82, 2.24) is 5.32 Å². The molecule has 102 valence electrons. The third-order valence-electron chi connectivity index (χ3n) is 3.30. The quantitative estimate of drug-likeness (QED) is 0.759. The Morgan fingerprint density at radius 2 is 1.94 bits per heavy atom. The zero-order chi connectivity index (χ0) is 13.4. The summed E-state index contributed by atoms with van der Waals surface area (Å²) < 4.78 is 0. The third-order valence-corrected chi connectivity index (χ3v) is 4.86. The highest BCUT2D eigenvalue weighted by Crippen LogP contribution is 2.28. The van der Waals surface area contributed by atoms with Crippen molar-refractivity contribution in [3.8, 4) is 0 Å². The van der Waals surface area contributed by atoms with Gasteiger partial charge in [-0.3, -0.25) is 0 Å². The van der Waals surface area contributed by atoms with Gasteiger partial charge in [-0.2, -0.15) is 11.8 Å². The van der Waals surface area contributed by atoms with Crippen LogP contribution in [-0.4, -0.2) is 29.3 Å². The second kappa shape index (κ2) is 7.82. The second-order valence-corrected chi connectivity index (χ2v) is 6.09. The summed E-state index contributed by atoms with van der Waals surface area (Å²) >= 11 is 1.92. The normalized spacial score (nSPS) is 16.2. The molecule has 2 unspecified atom stereocenters. The van der Waals surface area contributed by atoms with Crippen LogP contribution in [0, 0.1) is 0 Å². The molecular formula is C15H25NOS. The Morgan fingerprint density at radius 3 is 2.44 bits per heavy atom. The molecule has 18 heavy (non-hydrogen) atoms. The van der Waals surface area contributed by atoms with Gasteiger partial charge < -0.3 is 10.4 Å². The molecule has 3 heteroatoms. The molecule has 0 heterocycles. The van der Waals surface area contributed by atoms with Gasteiger partial charge in [0.25, 0.3) is 0 Å². The van der Waals surface area contributed by atoms with Crippen molar-refractivity contribution in [1.29, 1.82) is 0 Å². The maximum atomic E-state index is 9.87. The number of thioether (sulfide) groups is 1. The molecule has 0 amide bonds. The van der Waals surface area contributed by atoms with Crippen molar-refractivity contribution < 1.29 is 5.11 Å². The van der Waals surface area contributed by atoms with Crippen molar-refractivity contribution in [3.05, 3.63) is 35.9 Å². The van der Waals surface area contributed by atoms with Crippen molar-refractivity contribution in [2.24, 2.45) is 0 Å². The van der Waals surface area contributed by atoms with Crippen LogP contribution in [0.1, 0.15) is 32.8 Å². The summed E-state index contributed by atoms with van der Waals surface area (Å²) in [5.74, 6) is 0.899. The van der Waals surface area contributed by atoms with Crippen LogP contribution in [0.3, 0.4) is 0 Å². The average molecular weight is 267 g/mol. The number of benzene rings is 1. The lowest BCUT2D eigenvalue weighted by atomic mass is 9.92. The molecule has 0 spiro atoms. The number of likely N-dealkylation sites (N-methyl/N-ethyl adjacent to an activating group) is 1. The number of nitrogens with one attached hydrogen (secondary N) is 1. The van der Waals surface area contributed by atoms with Crippen LogP contribution in [0.15, 0.2) is 30.3 Å². The zero-order valence-corrected chi connectivity index (χ0v) is 12.5. The van der Waals surface area contributed by atoms with Gasteiger partial charge in [-0.25, -0.2) is 0 Å². The molecule has 0 radical (unpaired) electrons. The van der Waals surface area contributed by atoms with E-state index in [1.54, 1.807) is 0 Å². The minimum atomic E-state index is -0.315. The van der Waals surface area contributed by atoms with Crippen LogP contribution < -0.4 is 5.32 Å². The van der Waals surface area contributed by atoms with E-state index in [0.29, 0.717) is 5.25 Å². The summed E-state index contributed by atoms with van der Waals surface area (Å²) in [6.07, 6.45) is 1.16. The standard InChI is InChI=1S/C15H25NOS/c1-4-13(3)18-12-15(11-17,16-5-2)14-9-7-6-8-10-14/h6-10,13,16-17H,4-5,11-12H2,1-3H3. The maximum absolute atomic E-state index is 9.87. The summed E-state index contributed by atoms with van der Waals surface area (Å²) in [6, 6.07) is 10.3. The molecule has 0 aliphatic carbocycles. The van der Waals surface area contributed by atoms with E-state index < -0.39 is 0 Å². The van der Waals surface area contributed by atoms with Crippen molar-refractivity contribution >= 4 is 11.8 Å². The van der Waals surface area contributed by atoms with E-state index in [2.05, 4.69) is 38.2 Å². The monoisotopic (exact) mass is 267 g/mol. The fourth-order valence-corrected chi connectivity index (χ4v) is 3.09. The lowest BCUT2D eigenvalue weighted by Gasteiger charge is -2.34. The SMILES string of the molecule is CCNC(CO)(CSC(C)CC)c1ccccc1. The van der Waals surface area contributed by atoms with E-state index in [9.17, 15) is 5.11 Å². The fourth-order valence-electron chi connectivity index (χ4n) is 1.93. The molecule has 0 saturated heterocycles. The van der Waals surface area contributed by atoms with Gasteiger partial charge >= 0.3 is 0 Å². The number of hydrogen-bond acceptors (Lipinski definition) is 3. The first-order valence-electron chi connectivity index (χ1n) is 6.71. The Labute approximate surface area is 115 Å². The first-order valence-corrected chi connectivity index (χ1v) is 7.76. The third kappa shape index (κ3) is 4.01. The Morgan fingerprint density at radius 1 is 1.28 bits per heavy atom. The minimum Gasteiger partial charge on any atom is -0.394 e. The number of hydrogen-bond donors (Lipinski definition) is 2. The fraction of sp³-hybridized carbons (Fsp3) is 0.600. The maximum Gasteiger partial charge on any atom is 0.0760 e. The number of rotatable bonds is 8. The highest BCUT2D eigenvalue weighted by atomic mass is 32.2. The van der Waals surface area contributed by atoms with E-state index in [0.717, 1.165) is 18.7 Å². The topological polar surface area (TPSA) is 32.3 Å². The van der Waals surface area contributed by atoms with Crippen molar-refractivity contribution in [2.75, 3.05) is 18.9 Å². The van der Waals surface area contributed by atoms with Crippen LogP contribution in [-0.2, 0) is 5.54 Å². The van der Waals surface area contributed by atoms with Crippen LogP contribution in [0.25, 0.3) is 0 Å². The summed E-state index contributed by atoms with van der Waals surface area (Å²) in [5, 5.41) is 14.0. The molecule has 2 N–H and O–H groups in total. The molecule has 0 aliphatic heterocycles. The largest absolute Gasteiger partial charge is 0.394 e. The Kier molecular flexibility index (Phi) is 6.76. The Hall–Kier alpha value is -0.510. The smallest absolute Gasteiger partial charge is 0.0760 e. The summed E-state index contributed by atoms with van der Waals surface area (Å²) in [4.78, 5) is 0. The van der Waals surface area contributed by atoms with Crippen molar-refractivity contribution in [2.45, 2.75) is 38.0 Å². The van der Waals surface area contributed by atoms with Crippen molar-refractivity contribution in [3.63, 3.8) is 0 Å². The molecule has 0 saturated carbocycles. The lowest BCUT2D eigenvalue weighted by Crippen LogP contribution is -2.48. The molecular weight excluding hydrogens is 242 g/mol. The van der Waals surface area contributed by atoms with E-state index in [-0.39, 0.29) is 12.1 Å². The molecule has 2 nitrogen and oxygen atoms in total. The highest BCUT2D eigenvalue weighted by molar-refractivity contribution is 7.99. The van der Waals surface area contributed by atoms with Gasteiger partial charge in [-0.15, -0.1) is 0 Å². The van der Waals surface area contributed by atoms with E-state index in [1.807, 2.05) is 30.0 Å². The molecule has 2 atom stereocenters. The Balaban J connectivity index is 2.87. The molecule has 0 aromatic heterocycles. The van der Waals surface area contributed by atoms with Crippen LogP contribution in [0.4, 0.5) is 0 Å². The van der Waals surface area contributed by atoms with Gasteiger partial charge in [0.1, 0.15) is 0 Å². The Bertz CT molecular complexity index is 331. The first kappa shape index (κ1) is 15.5.